The normalized spacial score (nSPS) is 18.2. The molecule has 0 fully saturated rings. The molecule has 90 valence electrons. The lowest BCUT2D eigenvalue weighted by atomic mass is 10.2. The van der Waals surface area contributed by atoms with Crippen molar-refractivity contribution in [2.24, 2.45) is 0 Å². The molecule has 1 aliphatic heterocycles. The number of nitrogens with one attached hydrogen (secondary N) is 1. The Morgan fingerprint density at radius 2 is 2.24 bits per heavy atom. The van der Waals surface area contributed by atoms with Gasteiger partial charge in [0.15, 0.2) is 0 Å². The predicted octanol–water partition coefficient (Wildman–Crippen LogP) is 2.05. The van der Waals surface area contributed by atoms with E-state index in [0.29, 0.717) is 6.42 Å². The maximum Gasteiger partial charge on any atom is 0.305 e. The molecule has 1 atom stereocenters. The number of methoxy groups -OCH3 is 1. The first-order valence-corrected chi connectivity index (χ1v) is 6.22. The van der Waals surface area contributed by atoms with Gasteiger partial charge in [-0.3, -0.25) is 9.59 Å². The molecule has 0 radical (unpaired) electrons. The van der Waals surface area contributed by atoms with Crippen molar-refractivity contribution in [3.8, 4) is 0 Å². The van der Waals surface area contributed by atoms with Gasteiger partial charge in [-0.1, -0.05) is 12.1 Å². The van der Waals surface area contributed by atoms with Crippen LogP contribution < -0.4 is 5.32 Å². The van der Waals surface area contributed by atoms with Gasteiger partial charge in [0.25, 0.3) is 0 Å². The molecule has 0 unspecified atom stereocenters. The van der Waals surface area contributed by atoms with Crippen LogP contribution in [0.15, 0.2) is 29.2 Å². The summed E-state index contributed by atoms with van der Waals surface area (Å²) < 4.78 is 4.57. The van der Waals surface area contributed by atoms with Crippen LogP contribution in [0.25, 0.3) is 0 Å². The monoisotopic (exact) mass is 251 g/mol. The second-order valence-corrected chi connectivity index (χ2v) is 4.95. The number of esters is 1. The molecule has 5 heteroatoms. The van der Waals surface area contributed by atoms with Crippen LogP contribution in [0.5, 0.6) is 0 Å². The minimum Gasteiger partial charge on any atom is -0.469 e. The summed E-state index contributed by atoms with van der Waals surface area (Å²) in [6, 6.07) is 7.65. The van der Waals surface area contributed by atoms with Gasteiger partial charge in [0.2, 0.25) is 5.91 Å². The number of para-hydroxylation sites is 1. The summed E-state index contributed by atoms with van der Waals surface area (Å²) >= 11 is 1.50. The Bertz CT molecular complexity index is 447. The Kier molecular flexibility index (Phi) is 3.68. The van der Waals surface area contributed by atoms with Crippen molar-refractivity contribution in [2.75, 3.05) is 12.4 Å². The average molecular weight is 251 g/mol. The van der Waals surface area contributed by atoms with Gasteiger partial charge in [-0.25, -0.2) is 0 Å². The number of amides is 1. The van der Waals surface area contributed by atoms with E-state index in [1.807, 2.05) is 24.3 Å². The summed E-state index contributed by atoms with van der Waals surface area (Å²) in [7, 11) is 1.35. The van der Waals surface area contributed by atoms with E-state index in [1.54, 1.807) is 0 Å². The number of carbonyl (C=O) groups is 2. The molecule has 0 saturated heterocycles. The molecule has 1 aliphatic rings. The van der Waals surface area contributed by atoms with Gasteiger partial charge in [0.05, 0.1) is 18.0 Å². The molecule has 4 nitrogen and oxygen atoms in total. The van der Waals surface area contributed by atoms with E-state index in [4.69, 9.17) is 0 Å². The Morgan fingerprint density at radius 1 is 1.47 bits per heavy atom. The van der Waals surface area contributed by atoms with Crippen molar-refractivity contribution < 1.29 is 14.3 Å². The predicted molar refractivity (Wildman–Crippen MR) is 66.0 cm³/mol. The van der Waals surface area contributed by atoms with Crippen molar-refractivity contribution in [3.05, 3.63) is 24.3 Å². The van der Waals surface area contributed by atoms with Gasteiger partial charge in [-0.05, 0) is 18.6 Å². The average Bonchev–Trinajstić information content (AvgIpc) is 2.35. The summed E-state index contributed by atoms with van der Waals surface area (Å²) in [5, 5.41) is 2.62. The lowest BCUT2D eigenvalue weighted by Gasteiger charge is -2.23. The van der Waals surface area contributed by atoms with Crippen LogP contribution >= 0.6 is 11.8 Å². The van der Waals surface area contributed by atoms with Crippen molar-refractivity contribution in [3.63, 3.8) is 0 Å². The number of carbonyl (C=O) groups excluding carboxylic acids is 2. The highest BCUT2D eigenvalue weighted by Gasteiger charge is 2.26. The minimum atomic E-state index is -0.280. The van der Waals surface area contributed by atoms with Crippen LogP contribution in [0, 0.1) is 0 Å². The second-order valence-electron chi connectivity index (χ2n) is 3.71. The topological polar surface area (TPSA) is 55.4 Å². The molecule has 1 heterocycles. The maximum atomic E-state index is 11.8. The number of anilines is 1. The van der Waals surface area contributed by atoms with Crippen LogP contribution in [0.1, 0.15) is 12.8 Å². The molecular weight excluding hydrogens is 238 g/mol. The van der Waals surface area contributed by atoms with E-state index in [0.717, 1.165) is 10.6 Å². The Balaban J connectivity index is 2.02. The van der Waals surface area contributed by atoms with Gasteiger partial charge in [0.1, 0.15) is 0 Å². The third-order valence-corrected chi connectivity index (χ3v) is 3.89. The van der Waals surface area contributed by atoms with Gasteiger partial charge in [-0.15, -0.1) is 11.8 Å². The molecule has 0 aliphatic carbocycles. The summed E-state index contributed by atoms with van der Waals surface area (Å²) in [6.07, 6.45) is 0.765. The third-order valence-electron chi connectivity index (χ3n) is 2.54. The highest BCUT2D eigenvalue weighted by Crippen LogP contribution is 2.36. The molecule has 1 amide bonds. The maximum absolute atomic E-state index is 11.8. The second kappa shape index (κ2) is 5.23. The summed E-state index contributed by atoms with van der Waals surface area (Å²) in [5.41, 5.74) is 0.844. The number of fused-ring (bicyclic) bond motifs is 1. The summed E-state index contributed by atoms with van der Waals surface area (Å²) in [4.78, 5) is 23.9. The van der Waals surface area contributed by atoms with E-state index in [9.17, 15) is 9.59 Å². The highest BCUT2D eigenvalue weighted by molar-refractivity contribution is 8.01. The summed E-state index contributed by atoms with van der Waals surface area (Å²) in [6.45, 7) is 0. The van der Waals surface area contributed by atoms with E-state index in [1.165, 1.54) is 18.9 Å². The number of thioether (sulfide) groups is 1. The highest BCUT2D eigenvalue weighted by atomic mass is 32.2. The molecule has 17 heavy (non-hydrogen) atoms. The Hall–Kier alpha value is -1.49. The number of ether oxygens (including phenoxy) is 1. The first-order chi connectivity index (χ1) is 8.20. The van der Waals surface area contributed by atoms with E-state index >= 15 is 0 Å². The third kappa shape index (κ3) is 2.79. The van der Waals surface area contributed by atoms with Crippen molar-refractivity contribution >= 4 is 29.3 Å². The van der Waals surface area contributed by atoms with Crippen LogP contribution in [-0.2, 0) is 14.3 Å². The molecule has 0 bridgehead atoms. The fourth-order valence-corrected chi connectivity index (χ4v) is 2.75. The van der Waals surface area contributed by atoms with Gasteiger partial charge < -0.3 is 10.1 Å². The standard InChI is InChI=1S/C12H13NO3S/c1-16-11(14)7-6-10-12(15)13-8-4-2-3-5-9(8)17-10/h2-5,10H,6-7H2,1H3,(H,13,15)/t10-/m1/s1. The lowest BCUT2D eigenvalue weighted by molar-refractivity contribution is -0.140. The summed E-state index contributed by atoms with van der Waals surface area (Å²) in [5.74, 6) is -0.324. The van der Waals surface area contributed by atoms with Gasteiger partial charge >= 0.3 is 5.97 Å². The molecule has 2 rings (SSSR count). The molecule has 1 aromatic rings. The fraction of sp³-hybridized carbons (Fsp3) is 0.333. The van der Waals surface area contributed by atoms with Gasteiger partial charge in [0, 0.05) is 11.3 Å². The zero-order valence-electron chi connectivity index (χ0n) is 9.43. The first-order valence-electron chi connectivity index (χ1n) is 5.34. The minimum absolute atomic E-state index is 0.0439. The molecule has 1 aromatic carbocycles. The number of rotatable bonds is 3. The Morgan fingerprint density at radius 3 is 3.00 bits per heavy atom. The zero-order chi connectivity index (χ0) is 12.3. The molecule has 0 saturated carbocycles. The fourth-order valence-electron chi connectivity index (χ4n) is 1.63. The Labute approximate surface area is 104 Å². The van der Waals surface area contributed by atoms with Crippen molar-refractivity contribution in [1.82, 2.24) is 0 Å². The van der Waals surface area contributed by atoms with E-state index in [-0.39, 0.29) is 23.5 Å². The molecule has 0 aromatic heterocycles. The number of benzene rings is 1. The van der Waals surface area contributed by atoms with Crippen molar-refractivity contribution in [1.29, 1.82) is 0 Å². The van der Waals surface area contributed by atoms with Gasteiger partial charge in [-0.2, -0.15) is 0 Å². The SMILES string of the molecule is COC(=O)CC[C@H]1Sc2ccccc2NC1=O. The number of hydrogen-bond donors (Lipinski definition) is 1. The zero-order valence-corrected chi connectivity index (χ0v) is 10.3. The van der Waals surface area contributed by atoms with Crippen LogP contribution in [0.2, 0.25) is 0 Å². The van der Waals surface area contributed by atoms with Crippen LogP contribution in [0.3, 0.4) is 0 Å². The molecule has 1 N–H and O–H groups in total. The lowest BCUT2D eigenvalue weighted by Crippen LogP contribution is -2.29. The number of hydrogen-bond acceptors (Lipinski definition) is 4. The molecular formula is C12H13NO3S. The van der Waals surface area contributed by atoms with Crippen molar-refractivity contribution in [2.45, 2.75) is 23.0 Å². The van der Waals surface area contributed by atoms with E-state index < -0.39 is 0 Å². The molecule has 0 spiro atoms. The largest absolute Gasteiger partial charge is 0.469 e. The van der Waals surface area contributed by atoms with E-state index in [2.05, 4.69) is 10.1 Å². The smallest absolute Gasteiger partial charge is 0.305 e. The van der Waals surface area contributed by atoms with Crippen LogP contribution in [-0.4, -0.2) is 24.2 Å². The quantitative estimate of drug-likeness (QED) is 0.835. The van der Waals surface area contributed by atoms with Crippen LogP contribution in [0.4, 0.5) is 5.69 Å². The first kappa shape index (κ1) is 12.0.